The molecule has 0 aliphatic rings. The molecule has 1 unspecified atom stereocenters. The van der Waals surface area contributed by atoms with E-state index in [1.54, 1.807) is 0 Å². The second-order valence-corrected chi connectivity index (χ2v) is 3.43. The molecule has 1 rings (SSSR count). The molecule has 78 valence electrons. The molecular weight excluding hydrogens is 178 g/mol. The molecule has 0 aliphatic carbocycles. The van der Waals surface area contributed by atoms with Crippen LogP contribution in [0.1, 0.15) is 19.0 Å². The lowest BCUT2D eigenvalue weighted by atomic mass is 10.2. The topological polar surface area (TPSA) is 71.2 Å². The molecule has 4 N–H and O–H groups in total. The van der Waals surface area contributed by atoms with Crippen LogP contribution < -0.4 is 11.1 Å². The minimum Gasteiger partial charge on any atom is -0.397 e. The van der Waals surface area contributed by atoms with Crippen LogP contribution in [-0.4, -0.2) is 22.7 Å². The molecule has 14 heavy (non-hydrogen) atoms. The first-order valence-electron chi connectivity index (χ1n) is 4.74. The predicted octanol–water partition coefficient (Wildman–Crippen LogP) is 1.16. The quantitative estimate of drug-likeness (QED) is 0.674. The van der Waals surface area contributed by atoms with Crippen LogP contribution in [0.2, 0.25) is 0 Å². The van der Waals surface area contributed by atoms with E-state index in [4.69, 9.17) is 10.8 Å². The monoisotopic (exact) mass is 195 g/mol. The van der Waals surface area contributed by atoms with Crippen molar-refractivity contribution >= 4 is 11.5 Å². The smallest absolute Gasteiger partial charge is 0.126 e. The summed E-state index contributed by atoms with van der Waals surface area (Å²) >= 11 is 0. The number of pyridine rings is 1. The molecule has 4 nitrogen and oxygen atoms in total. The van der Waals surface area contributed by atoms with Gasteiger partial charge in [0.2, 0.25) is 0 Å². The maximum absolute atomic E-state index is 8.73. The summed E-state index contributed by atoms with van der Waals surface area (Å²) in [5.41, 5.74) is 7.17. The number of aryl methyl sites for hydroxylation is 1. The van der Waals surface area contributed by atoms with E-state index in [1.165, 1.54) is 0 Å². The first-order valence-corrected chi connectivity index (χ1v) is 4.74. The first kappa shape index (κ1) is 10.8. The highest BCUT2D eigenvalue weighted by atomic mass is 16.3. The summed E-state index contributed by atoms with van der Waals surface area (Å²) in [5, 5.41) is 11.9. The molecule has 0 amide bonds. The van der Waals surface area contributed by atoms with Gasteiger partial charge in [-0.1, -0.05) is 0 Å². The van der Waals surface area contributed by atoms with Crippen LogP contribution >= 0.6 is 0 Å². The third-order valence-electron chi connectivity index (χ3n) is 2.08. The summed E-state index contributed by atoms with van der Waals surface area (Å²) in [4.78, 5) is 4.28. The molecule has 0 saturated heterocycles. The molecule has 0 aliphatic heterocycles. The van der Waals surface area contributed by atoms with Crippen molar-refractivity contribution in [2.24, 2.45) is 0 Å². The molecule has 4 heteroatoms. The van der Waals surface area contributed by atoms with Crippen LogP contribution in [-0.2, 0) is 0 Å². The number of nitrogen functional groups attached to an aromatic ring is 1. The van der Waals surface area contributed by atoms with Crippen LogP contribution in [0.5, 0.6) is 0 Å². The summed E-state index contributed by atoms with van der Waals surface area (Å²) < 4.78 is 0. The Balaban J connectivity index is 2.63. The van der Waals surface area contributed by atoms with Crippen LogP contribution in [0, 0.1) is 6.92 Å². The molecule has 0 saturated carbocycles. The van der Waals surface area contributed by atoms with E-state index < -0.39 is 0 Å². The highest BCUT2D eigenvalue weighted by Crippen LogP contribution is 2.12. The van der Waals surface area contributed by atoms with E-state index in [0.717, 1.165) is 11.5 Å². The average molecular weight is 195 g/mol. The van der Waals surface area contributed by atoms with Gasteiger partial charge in [0.1, 0.15) is 5.82 Å². The Morgan fingerprint density at radius 2 is 2.29 bits per heavy atom. The fourth-order valence-electron chi connectivity index (χ4n) is 1.17. The molecular formula is C10H17N3O. The Bertz CT molecular complexity index is 301. The lowest BCUT2D eigenvalue weighted by Crippen LogP contribution is -2.17. The van der Waals surface area contributed by atoms with E-state index in [2.05, 4.69) is 10.3 Å². The van der Waals surface area contributed by atoms with Crippen molar-refractivity contribution in [1.29, 1.82) is 0 Å². The fraction of sp³-hybridized carbons (Fsp3) is 0.500. The highest BCUT2D eigenvalue weighted by molar-refractivity contribution is 5.49. The van der Waals surface area contributed by atoms with Crippen LogP contribution in [0.4, 0.5) is 11.5 Å². The van der Waals surface area contributed by atoms with E-state index >= 15 is 0 Å². The van der Waals surface area contributed by atoms with Gasteiger partial charge in [0.25, 0.3) is 0 Å². The first-order chi connectivity index (χ1) is 6.63. The molecule has 1 aromatic heterocycles. The number of rotatable bonds is 4. The number of nitrogens with one attached hydrogen (secondary N) is 1. The summed E-state index contributed by atoms with van der Waals surface area (Å²) in [6.45, 7) is 4.06. The number of hydrogen-bond acceptors (Lipinski definition) is 4. The van der Waals surface area contributed by atoms with Crippen LogP contribution in [0.15, 0.2) is 12.1 Å². The number of hydrogen-bond donors (Lipinski definition) is 3. The standard InChI is InChI=1S/C10H17N3O/c1-7(5-6-14)12-10-4-3-9(11)8(2)13-10/h3-4,7,14H,5-6,11H2,1-2H3,(H,12,13). The van der Waals surface area contributed by atoms with Gasteiger partial charge in [-0.3, -0.25) is 0 Å². The zero-order valence-corrected chi connectivity index (χ0v) is 8.62. The van der Waals surface area contributed by atoms with Crippen molar-refractivity contribution in [1.82, 2.24) is 4.98 Å². The lowest BCUT2D eigenvalue weighted by Gasteiger charge is -2.13. The van der Waals surface area contributed by atoms with Crippen molar-refractivity contribution < 1.29 is 5.11 Å². The molecule has 0 fully saturated rings. The zero-order valence-electron chi connectivity index (χ0n) is 8.62. The molecule has 0 spiro atoms. The highest BCUT2D eigenvalue weighted by Gasteiger charge is 2.03. The predicted molar refractivity (Wildman–Crippen MR) is 58.2 cm³/mol. The van der Waals surface area contributed by atoms with Crippen molar-refractivity contribution in [2.75, 3.05) is 17.7 Å². The van der Waals surface area contributed by atoms with Crippen LogP contribution in [0.25, 0.3) is 0 Å². The second-order valence-electron chi connectivity index (χ2n) is 3.43. The number of nitrogens with zero attached hydrogens (tertiary/aromatic N) is 1. The van der Waals surface area contributed by atoms with Gasteiger partial charge in [0.15, 0.2) is 0 Å². The summed E-state index contributed by atoms with van der Waals surface area (Å²) in [6, 6.07) is 3.89. The lowest BCUT2D eigenvalue weighted by molar-refractivity contribution is 0.282. The van der Waals surface area contributed by atoms with E-state index in [1.807, 2.05) is 26.0 Å². The molecule has 1 atom stereocenters. The zero-order chi connectivity index (χ0) is 10.6. The minimum absolute atomic E-state index is 0.183. The van der Waals surface area contributed by atoms with Gasteiger partial charge in [-0.2, -0.15) is 0 Å². The molecule has 0 radical (unpaired) electrons. The second kappa shape index (κ2) is 4.81. The van der Waals surface area contributed by atoms with Gasteiger partial charge >= 0.3 is 0 Å². The molecule has 0 aromatic carbocycles. The average Bonchev–Trinajstić information content (AvgIpc) is 2.12. The van der Waals surface area contributed by atoms with Crippen molar-refractivity contribution in [2.45, 2.75) is 26.3 Å². The van der Waals surface area contributed by atoms with Gasteiger partial charge in [-0.05, 0) is 32.4 Å². The van der Waals surface area contributed by atoms with Gasteiger partial charge in [0.05, 0.1) is 11.4 Å². The molecule has 0 bridgehead atoms. The number of anilines is 2. The van der Waals surface area contributed by atoms with Crippen molar-refractivity contribution in [3.05, 3.63) is 17.8 Å². The third kappa shape index (κ3) is 2.88. The Labute approximate surface area is 84.2 Å². The summed E-state index contributed by atoms with van der Waals surface area (Å²) in [6.07, 6.45) is 0.713. The van der Waals surface area contributed by atoms with Crippen molar-refractivity contribution in [3.8, 4) is 0 Å². The fourth-order valence-corrected chi connectivity index (χ4v) is 1.17. The number of nitrogens with two attached hydrogens (primary N) is 1. The number of aromatic nitrogens is 1. The Hall–Kier alpha value is -1.29. The number of aliphatic hydroxyl groups is 1. The summed E-state index contributed by atoms with van der Waals surface area (Å²) in [7, 11) is 0. The SMILES string of the molecule is Cc1nc(NC(C)CCO)ccc1N. The van der Waals surface area contributed by atoms with E-state index in [9.17, 15) is 0 Å². The largest absolute Gasteiger partial charge is 0.397 e. The van der Waals surface area contributed by atoms with Gasteiger partial charge in [-0.15, -0.1) is 0 Å². The minimum atomic E-state index is 0.183. The van der Waals surface area contributed by atoms with E-state index in [-0.39, 0.29) is 12.6 Å². The molecule has 1 heterocycles. The Kier molecular flexibility index (Phi) is 3.71. The summed E-state index contributed by atoms with van der Waals surface area (Å²) in [5.74, 6) is 0.803. The maximum Gasteiger partial charge on any atom is 0.126 e. The van der Waals surface area contributed by atoms with Crippen molar-refractivity contribution in [3.63, 3.8) is 0 Å². The maximum atomic E-state index is 8.73. The number of aliphatic hydroxyl groups excluding tert-OH is 1. The van der Waals surface area contributed by atoms with Crippen LogP contribution in [0.3, 0.4) is 0 Å². The van der Waals surface area contributed by atoms with E-state index in [0.29, 0.717) is 12.1 Å². The Morgan fingerprint density at radius 3 is 2.86 bits per heavy atom. The van der Waals surface area contributed by atoms with Gasteiger partial charge < -0.3 is 16.2 Å². The normalized spacial score (nSPS) is 12.5. The Morgan fingerprint density at radius 1 is 1.57 bits per heavy atom. The molecule has 1 aromatic rings. The van der Waals surface area contributed by atoms with Gasteiger partial charge in [0, 0.05) is 12.6 Å². The van der Waals surface area contributed by atoms with Gasteiger partial charge in [-0.25, -0.2) is 4.98 Å². The third-order valence-corrected chi connectivity index (χ3v) is 2.08.